The van der Waals surface area contributed by atoms with Gasteiger partial charge in [0, 0.05) is 19.2 Å². The molecule has 1 N–H and O–H groups in total. The molecule has 2 heterocycles. The van der Waals surface area contributed by atoms with E-state index in [9.17, 15) is 9.90 Å². The number of likely N-dealkylation sites (tertiary alicyclic amines) is 1. The Morgan fingerprint density at radius 1 is 1.33 bits per heavy atom. The molecule has 5 atom stereocenters. The van der Waals surface area contributed by atoms with Crippen LogP contribution in [0.4, 0.5) is 0 Å². The van der Waals surface area contributed by atoms with Crippen molar-refractivity contribution in [3.05, 3.63) is 0 Å². The van der Waals surface area contributed by atoms with Crippen LogP contribution in [0.1, 0.15) is 39.0 Å². The number of nitrogens with zero attached hydrogens (tertiary/aromatic N) is 1. The lowest BCUT2D eigenvalue weighted by molar-refractivity contribution is -0.145. The van der Waals surface area contributed by atoms with Crippen molar-refractivity contribution >= 4 is 5.97 Å². The predicted octanol–water partition coefficient (Wildman–Crippen LogP) is 1.74. The highest BCUT2D eigenvalue weighted by Gasteiger charge is 2.50. The molecule has 0 amide bonds. The van der Waals surface area contributed by atoms with Crippen molar-refractivity contribution in [2.45, 2.75) is 57.2 Å². The van der Waals surface area contributed by atoms with Gasteiger partial charge in [-0.15, -0.1) is 0 Å². The van der Waals surface area contributed by atoms with Crippen LogP contribution in [0.3, 0.4) is 0 Å². The Morgan fingerprint density at radius 3 is 2.89 bits per heavy atom. The van der Waals surface area contributed by atoms with E-state index in [-0.39, 0.29) is 12.1 Å². The zero-order valence-corrected chi connectivity index (χ0v) is 11.0. The monoisotopic (exact) mass is 253 g/mol. The third kappa shape index (κ3) is 2.05. The van der Waals surface area contributed by atoms with Gasteiger partial charge in [0.2, 0.25) is 0 Å². The van der Waals surface area contributed by atoms with Gasteiger partial charge in [-0.05, 0) is 44.4 Å². The first kappa shape index (κ1) is 12.4. The van der Waals surface area contributed by atoms with Crippen LogP contribution in [0.5, 0.6) is 0 Å². The summed E-state index contributed by atoms with van der Waals surface area (Å²) in [6.45, 7) is 3.88. The minimum Gasteiger partial charge on any atom is -0.480 e. The summed E-state index contributed by atoms with van der Waals surface area (Å²) in [4.78, 5) is 13.9. The second-order valence-corrected chi connectivity index (χ2v) is 6.19. The van der Waals surface area contributed by atoms with Gasteiger partial charge in [-0.3, -0.25) is 9.69 Å². The Hall–Kier alpha value is -0.610. The highest BCUT2D eigenvalue weighted by molar-refractivity contribution is 5.74. The van der Waals surface area contributed by atoms with Crippen LogP contribution >= 0.6 is 0 Å². The summed E-state index contributed by atoms with van der Waals surface area (Å²) in [5.74, 6) is 0.424. The third-order valence-electron chi connectivity index (χ3n) is 5.11. The standard InChI is InChI=1S/C14H23NO3/c1-9-7-11(5-6-18-9)15-8-10-3-2-4-12(10)13(15)14(16)17/h9-13H,2-8H2,1H3,(H,16,17). The Balaban J connectivity index is 1.76. The summed E-state index contributed by atoms with van der Waals surface area (Å²) < 4.78 is 5.58. The number of rotatable bonds is 2. The highest BCUT2D eigenvalue weighted by atomic mass is 16.5. The van der Waals surface area contributed by atoms with E-state index in [2.05, 4.69) is 11.8 Å². The number of hydrogen-bond donors (Lipinski definition) is 1. The predicted molar refractivity (Wildman–Crippen MR) is 67.4 cm³/mol. The van der Waals surface area contributed by atoms with E-state index in [4.69, 9.17) is 4.74 Å². The first-order chi connectivity index (χ1) is 8.66. The van der Waals surface area contributed by atoms with E-state index in [0.717, 1.165) is 32.4 Å². The second-order valence-electron chi connectivity index (χ2n) is 6.19. The van der Waals surface area contributed by atoms with E-state index in [1.165, 1.54) is 12.8 Å². The lowest BCUT2D eigenvalue weighted by Crippen LogP contribution is -2.48. The van der Waals surface area contributed by atoms with Gasteiger partial charge in [-0.25, -0.2) is 0 Å². The summed E-state index contributed by atoms with van der Waals surface area (Å²) >= 11 is 0. The smallest absolute Gasteiger partial charge is 0.321 e. The van der Waals surface area contributed by atoms with E-state index >= 15 is 0 Å². The van der Waals surface area contributed by atoms with Crippen molar-refractivity contribution < 1.29 is 14.6 Å². The molecule has 0 radical (unpaired) electrons. The van der Waals surface area contributed by atoms with E-state index in [0.29, 0.717) is 17.9 Å². The molecule has 1 aliphatic carbocycles. The quantitative estimate of drug-likeness (QED) is 0.814. The molecule has 18 heavy (non-hydrogen) atoms. The molecule has 1 saturated carbocycles. The first-order valence-corrected chi connectivity index (χ1v) is 7.27. The number of carboxylic acids is 1. The molecule has 0 aromatic heterocycles. The molecular weight excluding hydrogens is 230 g/mol. The van der Waals surface area contributed by atoms with Crippen molar-refractivity contribution in [1.82, 2.24) is 4.90 Å². The van der Waals surface area contributed by atoms with Gasteiger partial charge >= 0.3 is 5.97 Å². The fourth-order valence-corrected chi connectivity index (χ4v) is 4.31. The Morgan fingerprint density at radius 2 is 2.17 bits per heavy atom. The fourth-order valence-electron chi connectivity index (χ4n) is 4.31. The van der Waals surface area contributed by atoms with Crippen LogP contribution in [0.25, 0.3) is 0 Å². The molecule has 102 valence electrons. The van der Waals surface area contributed by atoms with Crippen LogP contribution in [-0.4, -0.2) is 47.3 Å². The summed E-state index contributed by atoms with van der Waals surface area (Å²) in [6, 6.07) is 0.188. The molecule has 0 aromatic rings. The van der Waals surface area contributed by atoms with Gasteiger partial charge in [-0.2, -0.15) is 0 Å². The van der Waals surface area contributed by atoms with Gasteiger partial charge in [0.05, 0.1) is 6.10 Å². The normalized spacial score (nSPS) is 45.1. The number of ether oxygens (including phenoxy) is 1. The maximum atomic E-state index is 11.6. The molecule has 0 bridgehead atoms. The Labute approximate surface area is 108 Å². The maximum Gasteiger partial charge on any atom is 0.321 e. The van der Waals surface area contributed by atoms with E-state index in [1.54, 1.807) is 0 Å². The lowest BCUT2D eigenvalue weighted by atomic mass is 9.93. The molecule has 0 spiro atoms. The van der Waals surface area contributed by atoms with Crippen molar-refractivity contribution in [2.75, 3.05) is 13.2 Å². The van der Waals surface area contributed by atoms with Crippen molar-refractivity contribution in [3.8, 4) is 0 Å². The van der Waals surface area contributed by atoms with E-state index in [1.807, 2.05) is 0 Å². The van der Waals surface area contributed by atoms with Gasteiger partial charge < -0.3 is 9.84 Å². The average molecular weight is 253 g/mol. The Kier molecular flexibility index (Phi) is 3.32. The van der Waals surface area contributed by atoms with Gasteiger partial charge in [0.15, 0.2) is 0 Å². The fraction of sp³-hybridized carbons (Fsp3) is 0.929. The molecular formula is C14H23NO3. The van der Waals surface area contributed by atoms with E-state index < -0.39 is 5.97 Å². The zero-order valence-electron chi connectivity index (χ0n) is 11.0. The SMILES string of the molecule is CC1CC(N2CC3CCCC3C2C(=O)O)CCO1. The number of carbonyl (C=O) groups is 1. The van der Waals surface area contributed by atoms with Crippen molar-refractivity contribution in [3.63, 3.8) is 0 Å². The summed E-state index contributed by atoms with van der Waals surface area (Å²) in [7, 11) is 0. The van der Waals surface area contributed by atoms with Crippen molar-refractivity contribution in [1.29, 1.82) is 0 Å². The minimum absolute atomic E-state index is 0.229. The Bertz CT molecular complexity index is 333. The molecule has 3 fully saturated rings. The van der Waals surface area contributed by atoms with Crippen LogP contribution in [-0.2, 0) is 9.53 Å². The molecule has 2 saturated heterocycles. The second kappa shape index (κ2) is 4.82. The van der Waals surface area contributed by atoms with Crippen molar-refractivity contribution in [2.24, 2.45) is 11.8 Å². The topological polar surface area (TPSA) is 49.8 Å². The maximum absolute atomic E-state index is 11.6. The molecule has 4 heteroatoms. The third-order valence-corrected chi connectivity index (χ3v) is 5.11. The molecule has 0 aromatic carbocycles. The first-order valence-electron chi connectivity index (χ1n) is 7.27. The van der Waals surface area contributed by atoms with Gasteiger partial charge in [-0.1, -0.05) is 6.42 Å². The van der Waals surface area contributed by atoms with Gasteiger partial charge in [0.25, 0.3) is 0 Å². The number of hydrogen-bond acceptors (Lipinski definition) is 3. The molecule has 2 aliphatic heterocycles. The lowest BCUT2D eigenvalue weighted by Gasteiger charge is -2.37. The van der Waals surface area contributed by atoms with Gasteiger partial charge in [0.1, 0.15) is 6.04 Å². The summed E-state index contributed by atoms with van der Waals surface area (Å²) in [5, 5.41) is 9.55. The minimum atomic E-state index is -0.608. The number of fused-ring (bicyclic) bond motifs is 1. The zero-order chi connectivity index (χ0) is 12.7. The van der Waals surface area contributed by atoms with Crippen LogP contribution < -0.4 is 0 Å². The molecule has 4 nitrogen and oxygen atoms in total. The average Bonchev–Trinajstić information content (AvgIpc) is 2.87. The van der Waals surface area contributed by atoms with Crippen LogP contribution in [0.2, 0.25) is 0 Å². The molecule has 3 aliphatic rings. The van der Waals surface area contributed by atoms with Crippen LogP contribution in [0, 0.1) is 11.8 Å². The summed E-state index contributed by atoms with van der Waals surface area (Å²) in [5.41, 5.74) is 0. The number of carboxylic acid groups (broad SMARTS) is 1. The molecule has 3 rings (SSSR count). The largest absolute Gasteiger partial charge is 0.480 e. The summed E-state index contributed by atoms with van der Waals surface area (Å²) in [6.07, 6.45) is 5.81. The van der Waals surface area contributed by atoms with Crippen LogP contribution in [0.15, 0.2) is 0 Å². The molecule has 5 unspecified atom stereocenters. The highest BCUT2D eigenvalue weighted by Crippen LogP contribution is 2.44. The number of aliphatic carboxylic acids is 1.